The Morgan fingerprint density at radius 2 is 1.89 bits per heavy atom. The minimum absolute atomic E-state index is 0.366. The molecule has 104 valence electrons. The van der Waals surface area contributed by atoms with Gasteiger partial charge in [0.15, 0.2) is 0 Å². The summed E-state index contributed by atoms with van der Waals surface area (Å²) < 4.78 is 32.1. The summed E-state index contributed by atoms with van der Waals surface area (Å²) >= 11 is 0. The van der Waals surface area contributed by atoms with Crippen LogP contribution in [0, 0.1) is 0 Å². The molecule has 0 aliphatic carbocycles. The second-order valence-corrected chi connectivity index (χ2v) is 6.95. The van der Waals surface area contributed by atoms with Gasteiger partial charge in [-0.2, -0.15) is 4.31 Å². The smallest absolute Gasteiger partial charge is 0.243 e. The van der Waals surface area contributed by atoms with Crippen molar-refractivity contribution in [3.05, 3.63) is 18.2 Å². The summed E-state index contributed by atoms with van der Waals surface area (Å²) in [6, 6.07) is 5.13. The maximum absolute atomic E-state index is 12.5. The van der Waals surface area contributed by atoms with Crippen molar-refractivity contribution in [1.29, 1.82) is 0 Å². The minimum atomic E-state index is -3.34. The van der Waals surface area contributed by atoms with Crippen LogP contribution in [0.4, 0.5) is 5.69 Å². The van der Waals surface area contributed by atoms with Crippen LogP contribution in [0.25, 0.3) is 0 Å². The Labute approximate surface area is 113 Å². The van der Waals surface area contributed by atoms with Gasteiger partial charge in [-0.15, -0.1) is 0 Å². The van der Waals surface area contributed by atoms with Gasteiger partial charge in [0.05, 0.1) is 17.1 Å². The monoisotopic (exact) mass is 282 g/mol. The summed E-state index contributed by atoms with van der Waals surface area (Å²) in [6.45, 7) is 2.68. The van der Waals surface area contributed by atoms with Gasteiger partial charge in [-0.05, 0) is 31.0 Å². The van der Waals surface area contributed by atoms with Gasteiger partial charge in [0.2, 0.25) is 10.0 Å². The van der Waals surface area contributed by atoms with Crippen molar-refractivity contribution in [3.63, 3.8) is 0 Å². The fraction of sp³-hybridized carbons (Fsp3) is 0.538. The van der Waals surface area contributed by atoms with E-state index in [9.17, 15) is 8.42 Å². The van der Waals surface area contributed by atoms with Crippen LogP contribution < -0.4 is 9.64 Å². The van der Waals surface area contributed by atoms with Crippen LogP contribution in [0.5, 0.6) is 5.75 Å². The first-order valence-corrected chi connectivity index (χ1v) is 8.01. The van der Waals surface area contributed by atoms with Crippen molar-refractivity contribution in [2.24, 2.45) is 0 Å². The summed E-state index contributed by atoms with van der Waals surface area (Å²) in [5.41, 5.74) is 0.853. The molecule has 1 saturated heterocycles. The number of rotatable bonds is 2. The number of ether oxygens (including phenoxy) is 1. The minimum Gasteiger partial charge on any atom is -0.490 e. The Kier molecular flexibility index (Phi) is 3.14. The third kappa shape index (κ3) is 2.19. The van der Waals surface area contributed by atoms with Gasteiger partial charge in [0.1, 0.15) is 12.4 Å². The van der Waals surface area contributed by atoms with E-state index in [1.807, 2.05) is 11.9 Å². The van der Waals surface area contributed by atoms with E-state index in [0.29, 0.717) is 24.6 Å². The molecule has 6 heteroatoms. The van der Waals surface area contributed by atoms with E-state index < -0.39 is 10.0 Å². The fourth-order valence-corrected chi connectivity index (χ4v) is 4.11. The lowest BCUT2D eigenvalue weighted by atomic mass is 10.2. The molecule has 1 aromatic carbocycles. The van der Waals surface area contributed by atoms with Gasteiger partial charge in [0, 0.05) is 20.1 Å². The number of nitrogens with zero attached hydrogens (tertiary/aromatic N) is 2. The highest BCUT2D eigenvalue weighted by Gasteiger charge is 2.28. The Bertz CT molecular complexity index is 580. The van der Waals surface area contributed by atoms with Crippen molar-refractivity contribution in [2.75, 3.05) is 38.2 Å². The Hall–Kier alpha value is -1.27. The lowest BCUT2D eigenvalue weighted by molar-refractivity contribution is 0.311. The average Bonchev–Trinajstić information content (AvgIpc) is 2.93. The van der Waals surface area contributed by atoms with E-state index in [0.717, 1.165) is 30.8 Å². The second kappa shape index (κ2) is 4.68. The van der Waals surface area contributed by atoms with Crippen molar-refractivity contribution >= 4 is 15.7 Å². The molecule has 0 spiro atoms. The Balaban J connectivity index is 1.99. The first-order chi connectivity index (χ1) is 9.09. The van der Waals surface area contributed by atoms with Crippen molar-refractivity contribution < 1.29 is 13.2 Å². The number of sulfonamides is 1. The molecule has 2 aliphatic heterocycles. The van der Waals surface area contributed by atoms with Gasteiger partial charge in [-0.3, -0.25) is 0 Å². The highest BCUT2D eigenvalue weighted by molar-refractivity contribution is 7.89. The fourth-order valence-electron chi connectivity index (χ4n) is 2.57. The van der Waals surface area contributed by atoms with Crippen molar-refractivity contribution in [2.45, 2.75) is 17.7 Å². The predicted octanol–water partition coefficient (Wildman–Crippen LogP) is 1.30. The molecule has 0 unspecified atom stereocenters. The van der Waals surface area contributed by atoms with E-state index in [-0.39, 0.29) is 0 Å². The largest absolute Gasteiger partial charge is 0.490 e. The normalized spacial score (nSPS) is 20.2. The zero-order valence-corrected chi connectivity index (χ0v) is 11.8. The highest BCUT2D eigenvalue weighted by Crippen LogP contribution is 2.34. The number of fused-ring (bicyclic) bond motifs is 1. The molecule has 2 aliphatic rings. The zero-order chi connectivity index (χ0) is 13.5. The molecule has 0 aromatic heterocycles. The van der Waals surface area contributed by atoms with Crippen LogP contribution in [-0.2, 0) is 10.0 Å². The topological polar surface area (TPSA) is 49.9 Å². The summed E-state index contributed by atoms with van der Waals surface area (Å²) in [5, 5.41) is 0. The number of benzene rings is 1. The lowest BCUT2D eigenvalue weighted by Crippen LogP contribution is -2.30. The molecule has 0 amide bonds. The van der Waals surface area contributed by atoms with E-state index in [2.05, 4.69) is 0 Å². The van der Waals surface area contributed by atoms with Crippen LogP contribution in [0.3, 0.4) is 0 Å². The molecule has 3 rings (SSSR count). The molecule has 0 saturated carbocycles. The van der Waals surface area contributed by atoms with Gasteiger partial charge in [-0.1, -0.05) is 0 Å². The molecule has 1 fully saturated rings. The maximum Gasteiger partial charge on any atom is 0.243 e. The van der Waals surface area contributed by atoms with Crippen LogP contribution in [0.1, 0.15) is 12.8 Å². The zero-order valence-electron chi connectivity index (χ0n) is 11.0. The molecular weight excluding hydrogens is 264 g/mol. The van der Waals surface area contributed by atoms with Crippen LogP contribution in [0.15, 0.2) is 23.1 Å². The maximum atomic E-state index is 12.5. The molecule has 0 N–H and O–H groups in total. The van der Waals surface area contributed by atoms with Crippen LogP contribution in [-0.4, -0.2) is 46.0 Å². The first kappa shape index (κ1) is 12.7. The van der Waals surface area contributed by atoms with Gasteiger partial charge < -0.3 is 9.64 Å². The number of hydrogen-bond donors (Lipinski definition) is 0. The second-order valence-electron chi connectivity index (χ2n) is 5.01. The Morgan fingerprint density at radius 1 is 1.16 bits per heavy atom. The summed E-state index contributed by atoms with van der Waals surface area (Å²) in [5.74, 6) is 0.758. The Morgan fingerprint density at radius 3 is 2.63 bits per heavy atom. The number of likely N-dealkylation sites (N-methyl/N-ethyl adjacent to an activating group) is 1. The molecular formula is C13H18N2O3S. The third-order valence-corrected chi connectivity index (χ3v) is 5.62. The lowest BCUT2D eigenvalue weighted by Gasteiger charge is -2.28. The molecule has 2 heterocycles. The van der Waals surface area contributed by atoms with E-state index >= 15 is 0 Å². The van der Waals surface area contributed by atoms with E-state index in [4.69, 9.17) is 4.74 Å². The van der Waals surface area contributed by atoms with Gasteiger partial charge >= 0.3 is 0 Å². The molecule has 0 radical (unpaired) electrons. The van der Waals surface area contributed by atoms with Crippen molar-refractivity contribution in [3.8, 4) is 5.75 Å². The van der Waals surface area contributed by atoms with E-state index in [1.165, 1.54) is 0 Å². The van der Waals surface area contributed by atoms with Crippen LogP contribution >= 0.6 is 0 Å². The quantitative estimate of drug-likeness (QED) is 0.820. The summed E-state index contributed by atoms with van der Waals surface area (Å²) in [6.07, 6.45) is 1.90. The summed E-state index contributed by atoms with van der Waals surface area (Å²) in [7, 11) is -1.39. The molecule has 1 aromatic rings. The molecule has 19 heavy (non-hydrogen) atoms. The van der Waals surface area contributed by atoms with E-state index in [1.54, 1.807) is 22.5 Å². The van der Waals surface area contributed by atoms with Gasteiger partial charge in [0.25, 0.3) is 0 Å². The molecule has 0 atom stereocenters. The third-order valence-electron chi connectivity index (χ3n) is 3.73. The standard InChI is InChI=1S/C13H18N2O3S/c1-14-8-9-18-13-5-4-11(10-12(13)14)19(16,17)15-6-2-3-7-15/h4-5,10H,2-3,6-9H2,1H3. The highest BCUT2D eigenvalue weighted by atomic mass is 32.2. The number of hydrogen-bond acceptors (Lipinski definition) is 4. The number of anilines is 1. The van der Waals surface area contributed by atoms with Crippen LogP contribution in [0.2, 0.25) is 0 Å². The summed E-state index contributed by atoms with van der Waals surface area (Å²) in [4.78, 5) is 2.40. The van der Waals surface area contributed by atoms with Gasteiger partial charge in [-0.25, -0.2) is 8.42 Å². The van der Waals surface area contributed by atoms with Crippen molar-refractivity contribution in [1.82, 2.24) is 4.31 Å². The molecule has 5 nitrogen and oxygen atoms in total. The molecule has 0 bridgehead atoms. The SMILES string of the molecule is CN1CCOc2ccc(S(=O)(=O)N3CCCC3)cc21. The average molecular weight is 282 g/mol. The predicted molar refractivity (Wildman–Crippen MR) is 73.2 cm³/mol. The first-order valence-electron chi connectivity index (χ1n) is 6.57.